The third kappa shape index (κ3) is 4.49. The third-order valence-corrected chi connectivity index (χ3v) is 3.90. The molecule has 0 atom stereocenters. The van der Waals surface area contributed by atoms with Crippen LogP contribution in [-0.4, -0.2) is 52.7 Å². The zero-order valence-corrected chi connectivity index (χ0v) is 14.9. The van der Waals surface area contributed by atoms with E-state index in [4.69, 9.17) is 9.15 Å². The highest BCUT2D eigenvalue weighted by atomic mass is 16.6. The highest BCUT2D eigenvalue weighted by Crippen LogP contribution is 2.22. The van der Waals surface area contributed by atoms with E-state index in [2.05, 4.69) is 14.9 Å². The molecule has 3 heterocycles. The van der Waals surface area contributed by atoms with Gasteiger partial charge in [0.2, 0.25) is 0 Å². The summed E-state index contributed by atoms with van der Waals surface area (Å²) >= 11 is 0. The Kier molecular flexibility index (Phi) is 4.92. The summed E-state index contributed by atoms with van der Waals surface area (Å²) in [5.74, 6) is 1.56. The number of carbonyl (C=O) groups is 1. The highest BCUT2D eigenvalue weighted by molar-refractivity contribution is 5.68. The quantitative estimate of drug-likeness (QED) is 0.833. The van der Waals surface area contributed by atoms with Crippen LogP contribution in [0, 0.1) is 0 Å². The molecule has 0 saturated carbocycles. The number of carbonyl (C=O) groups excluding carboxylic acids is 1. The fourth-order valence-corrected chi connectivity index (χ4v) is 2.73. The first-order chi connectivity index (χ1) is 11.9. The van der Waals surface area contributed by atoms with Gasteiger partial charge >= 0.3 is 6.09 Å². The van der Waals surface area contributed by atoms with Crippen molar-refractivity contribution in [3.8, 4) is 11.5 Å². The van der Waals surface area contributed by atoms with Crippen LogP contribution in [0.1, 0.15) is 27.2 Å². The molecule has 134 valence electrons. The molecule has 0 radical (unpaired) electrons. The maximum atomic E-state index is 12.3. The maximum absolute atomic E-state index is 12.3. The van der Waals surface area contributed by atoms with Crippen LogP contribution in [0.2, 0.25) is 0 Å². The van der Waals surface area contributed by atoms with E-state index in [0.717, 1.165) is 24.5 Å². The second kappa shape index (κ2) is 7.13. The van der Waals surface area contributed by atoms with Crippen LogP contribution in [0.3, 0.4) is 0 Å². The molecular formula is C18H24N4O3. The van der Waals surface area contributed by atoms with Gasteiger partial charge in [0, 0.05) is 32.2 Å². The fraction of sp³-hybridized carbons (Fsp3) is 0.500. The molecule has 1 aliphatic rings. The molecule has 0 unspecified atom stereocenters. The van der Waals surface area contributed by atoms with E-state index in [1.807, 2.05) is 39.0 Å². The molecule has 2 aromatic heterocycles. The minimum Gasteiger partial charge on any atom is -0.463 e. The lowest BCUT2D eigenvalue weighted by Gasteiger charge is -2.26. The summed E-state index contributed by atoms with van der Waals surface area (Å²) in [7, 11) is 0. The van der Waals surface area contributed by atoms with Crippen LogP contribution in [0.15, 0.2) is 35.2 Å². The summed E-state index contributed by atoms with van der Waals surface area (Å²) in [6.07, 6.45) is 3.78. The predicted octanol–water partition coefficient (Wildman–Crippen LogP) is 3.18. The Labute approximate surface area is 147 Å². The molecule has 0 aromatic carbocycles. The molecule has 0 aliphatic carbocycles. The number of anilines is 1. The highest BCUT2D eigenvalue weighted by Gasteiger charge is 2.25. The number of hydrogen-bond acceptors (Lipinski definition) is 6. The van der Waals surface area contributed by atoms with Gasteiger partial charge in [-0.2, -0.15) is 0 Å². The van der Waals surface area contributed by atoms with E-state index in [0.29, 0.717) is 25.4 Å². The molecule has 3 rings (SSSR count). The third-order valence-electron chi connectivity index (χ3n) is 3.90. The average molecular weight is 344 g/mol. The number of ether oxygens (including phenoxy) is 1. The lowest BCUT2D eigenvalue weighted by atomic mass is 10.2. The second-order valence-electron chi connectivity index (χ2n) is 7.05. The first kappa shape index (κ1) is 17.3. The van der Waals surface area contributed by atoms with Crippen LogP contribution in [-0.2, 0) is 4.74 Å². The van der Waals surface area contributed by atoms with Gasteiger partial charge in [-0.3, -0.25) is 0 Å². The van der Waals surface area contributed by atoms with Crippen molar-refractivity contribution in [2.45, 2.75) is 32.8 Å². The predicted molar refractivity (Wildman–Crippen MR) is 94.4 cm³/mol. The lowest BCUT2D eigenvalue weighted by molar-refractivity contribution is 0.0263. The molecule has 0 spiro atoms. The minimum absolute atomic E-state index is 0.256. The Bertz CT molecular complexity index is 709. The number of nitrogens with zero attached hydrogens (tertiary/aromatic N) is 4. The van der Waals surface area contributed by atoms with Crippen LogP contribution in [0.25, 0.3) is 11.5 Å². The molecule has 7 nitrogen and oxygen atoms in total. The monoisotopic (exact) mass is 344 g/mol. The van der Waals surface area contributed by atoms with Gasteiger partial charge in [0.25, 0.3) is 0 Å². The Morgan fingerprint density at radius 3 is 2.76 bits per heavy atom. The van der Waals surface area contributed by atoms with E-state index in [-0.39, 0.29) is 6.09 Å². The van der Waals surface area contributed by atoms with Gasteiger partial charge in [0.05, 0.1) is 6.26 Å². The molecule has 2 aromatic rings. The summed E-state index contributed by atoms with van der Waals surface area (Å²) in [4.78, 5) is 24.8. The van der Waals surface area contributed by atoms with Crippen molar-refractivity contribution in [2.24, 2.45) is 0 Å². The molecule has 25 heavy (non-hydrogen) atoms. The maximum Gasteiger partial charge on any atom is 0.410 e. The van der Waals surface area contributed by atoms with Gasteiger partial charge in [-0.15, -0.1) is 0 Å². The molecule has 1 saturated heterocycles. The molecule has 0 bridgehead atoms. The van der Waals surface area contributed by atoms with Crippen LogP contribution < -0.4 is 4.90 Å². The van der Waals surface area contributed by atoms with Gasteiger partial charge in [-0.1, -0.05) is 0 Å². The zero-order valence-electron chi connectivity index (χ0n) is 14.9. The van der Waals surface area contributed by atoms with E-state index in [9.17, 15) is 4.79 Å². The number of hydrogen-bond donors (Lipinski definition) is 0. The summed E-state index contributed by atoms with van der Waals surface area (Å²) < 4.78 is 10.9. The van der Waals surface area contributed by atoms with Crippen molar-refractivity contribution in [3.63, 3.8) is 0 Å². The van der Waals surface area contributed by atoms with E-state index in [1.165, 1.54) is 0 Å². The molecule has 7 heteroatoms. The number of rotatable bonds is 2. The molecule has 1 aliphatic heterocycles. The summed E-state index contributed by atoms with van der Waals surface area (Å²) in [5, 5.41) is 0. The first-order valence-electron chi connectivity index (χ1n) is 8.51. The average Bonchev–Trinajstić information content (AvgIpc) is 2.97. The largest absolute Gasteiger partial charge is 0.463 e. The number of aromatic nitrogens is 2. The van der Waals surface area contributed by atoms with Crippen LogP contribution >= 0.6 is 0 Å². The van der Waals surface area contributed by atoms with E-state index in [1.54, 1.807) is 17.5 Å². The van der Waals surface area contributed by atoms with Crippen molar-refractivity contribution in [1.82, 2.24) is 14.9 Å². The number of furan rings is 1. The first-order valence-corrected chi connectivity index (χ1v) is 8.51. The molecule has 1 amide bonds. The van der Waals surface area contributed by atoms with E-state index >= 15 is 0 Å². The normalized spacial score (nSPS) is 15.8. The van der Waals surface area contributed by atoms with Gasteiger partial charge < -0.3 is 19.0 Å². The second-order valence-corrected chi connectivity index (χ2v) is 7.05. The van der Waals surface area contributed by atoms with Crippen molar-refractivity contribution >= 4 is 11.9 Å². The van der Waals surface area contributed by atoms with Crippen molar-refractivity contribution in [1.29, 1.82) is 0 Å². The van der Waals surface area contributed by atoms with Gasteiger partial charge in [-0.25, -0.2) is 14.8 Å². The Morgan fingerprint density at radius 1 is 1.20 bits per heavy atom. The van der Waals surface area contributed by atoms with E-state index < -0.39 is 5.60 Å². The molecule has 1 fully saturated rings. The fourth-order valence-electron chi connectivity index (χ4n) is 2.73. The van der Waals surface area contributed by atoms with Crippen molar-refractivity contribution in [3.05, 3.63) is 30.8 Å². The van der Waals surface area contributed by atoms with Crippen molar-refractivity contribution < 1.29 is 13.9 Å². The summed E-state index contributed by atoms with van der Waals surface area (Å²) in [6, 6.07) is 5.63. The zero-order chi connectivity index (χ0) is 17.9. The SMILES string of the molecule is CC(C)(C)OC(=O)N1CCCN(c2cc(-c3ccco3)ncn2)CC1. The lowest BCUT2D eigenvalue weighted by Crippen LogP contribution is -2.39. The summed E-state index contributed by atoms with van der Waals surface area (Å²) in [6.45, 7) is 8.46. The number of amides is 1. The van der Waals surface area contributed by atoms with Crippen molar-refractivity contribution in [2.75, 3.05) is 31.1 Å². The Morgan fingerprint density at radius 2 is 2.04 bits per heavy atom. The van der Waals surface area contributed by atoms with Gasteiger partial charge in [0.1, 0.15) is 23.4 Å². The van der Waals surface area contributed by atoms with Crippen LogP contribution in [0.5, 0.6) is 0 Å². The standard InChI is InChI=1S/C18H24N4O3/c1-18(2,3)25-17(23)22-8-5-7-21(9-10-22)16-12-14(19-13-20-16)15-6-4-11-24-15/h4,6,11-13H,5,7-10H2,1-3H3. The smallest absolute Gasteiger partial charge is 0.410 e. The topological polar surface area (TPSA) is 71.7 Å². The molecular weight excluding hydrogens is 320 g/mol. The minimum atomic E-state index is -0.479. The molecule has 0 N–H and O–H groups in total. The van der Waals surface area contributed by atoms with Gasteiger partial charge in [-0.05, 0) is 39.3 Å². The Balaban J connectivity index is 1.67. The van der Waals surface area contributed by atoms with Gasteiger partial charge in [0.15, 0.2) is 5.76 Å². The summed E-state index contributed by atoms with van der Waals surface area (Å²) in [5.41, 5.74) is 0.275. The Hall–Kier alpha value is -2.57. The van der Waals surface area contributed by atoms with Crippen LogP contribution in [0.4, 0.5) is 10.6 Å².